The maximum atomic E-state index is 13.1. The molecular formula is C19H17N5O2S2. The molecule has 142 valence electrons. The average Bonchev–Trinajstić information content (AvgIpc) is 3.30. The Kier molecular flexibility index (Phi) is 5.01. The van der Waals surface area contributed by atoms with Gasteiger partial charge in [0, 0.05) is 17.3 Å². The molecule has 0 aliphatic carbocycles. The van der Waals surface area contributed by atoms with Crippen LogP contribution >= 0.6 is 23.1 Å². The number of nitrogens with zero attached hydrogens (tertiary/aromatic N) is 3. The highest BCUT2D eigenvalue weighted by Crippen LogP contribution is 2.22. The lowest BCUT2D eigenvalue weighted by molar-refractivity contribution is -0.113. The van der Waals surface area contributed by atoms with E-state index in [9.17, 15) is 9.59 Å². The van der Waals surface area contributed by atoms with Crippen molar-refractivity contribution < 1.29 is 4.79 Å². The van der Waals surface area contributed by atoms with E-state index >= 15 is 0 Å². The SMILES string of the molecule is Cc1ccc(-n2c(SCC(=O)Nc3nccs3)nc3cc(C)[nH]c3c2=O)cc1. The van der Waals surface area contributed by atoms with Gasteiger partial charge in [0.05, 0.1) is 17.0 Å². The Morgan fingerprint density at radius 2 is 2.07 bits per heavy atom. The maximum absolute atomic E-state index is 13.1. The Balaban J connectivity index is 1.71. The molecule has 0 atom stereocenters. The second-order valence-corrected chi connectivity index (χ2v) is 8.09. The number of thiazole rings is 1. The topological polar surface area (TPSA) is 92.7 Å². The lowest BCUT2D eigenvalue weighted by Crippen LogP contribution is -2.23. The molecule has 0 radical (unpaired) electrons. The number of aryl methyl sites for hydroxylation is 2. The van der Waals surface area contributed by atoms with Crippen LogP contribution in [0.25, 0.3) is 16.7 Å². The first kappa shape index (κ1) is 18.5. The summed E-state index contributed by atoms with van der Waals surface area (Å²) >= 11 is 2.57. The second kappa shape index (κ2) is 7.61. The number of benzene rings is 1. The molecule has 3 heterocycles. The van der Waals surface area contributed by atoms with Crippen molar-refractivity contribution in [3.63, 3.8) is 0 Å². The van der Waals surface area contributed by atoms with Gasteiger partial charge < -0.3 is 10.3 Å². The van der Waals surface area contributed by atoms with E-state index in [0.29, 0.717) is 27.0 Å². The molecule has 0 unspecified atom stereocenters. The number of aromatic nitrogens is 4. The summed E-state index contributed by atoms with van der Waals surface area (Å²) < 4.78 is 1.54. The van der Waals surface area contributed by atoms with E-state index in [1.54, 1.807) is 16.1 Å². The molecule has 4 aromatic rings. The summed E-state index contributed by atoms with van der Waals surface area (Å²) in [5.41, 5.74) is 3.52. The Morgan fingerprint density at radius 1 is 1.29 bits per heavy atom. The van der Waals surface area contributed by atoms with Crippen LogP contribution in [-0.2, 0) is 4.79 Å². The van der Waals surface area contributed by atoms with Crippen LogP contribution in [0.15, 0.2) is 51.9 Å². The van der Waals surface area contributed by atoms with Gasteiger partial charge in [-0.3, -0.25) is 14.2 Å². The third kappa shape index (κ3) is 3.71. The Labute approximate surface area is 168 Å². The molecule has 0 aliphatic heterocycles. The summed E-state index contributed by atoms with van der Waals surface area (Å²) in [5.74, 6) is -0.0812. The Hall–Kier alpha value is -2.91. The molecule has 0 aliphatic rings. The number of carbonyl (C=O) groups excluding carboxylic acids is 1. The molecular weight excluding hydrogens is 394 g/mol. The molecule has 4 rings (SSSR count). The first-order valence-electron chi connectivity index (χ1n) is 8.53. The van der Waals surface area contributed by atoms with Crippen LogP contribution in [0.2, 0.25) is 0 Å². The number of hydrogen-bond acceptors (Lipinski definition) is 6. The van der Waals surface area contributed by atoms with Gasteiger partial charge >= 0.3 is 0 Å². The van der Waals surface area contributed by atoms with Crippen molar-refractivity contribution >= 4 is 45.2 Å². The smallest absolute Gasteiger partial charge is 0.283 e. The molecule has 28 heavy (non-hydrogen) atoms. The van der Waals surface area contributed by atoms with Crippen LogP contribution in [-0.4, -0.2) is 31.2 Å². The minimum absolute atomic E-state index is 0.118. The van der Waals surface area contributed by atoms with Gasteiger partial charge in [-0.15, -0.1) is 11.3 Å². The van der Waals surface area contributed by atoms with Gasteiger partial charge in [-0.1, -0.05) is 29.5 Å². The summed E-state index contributed by atoms with van der Waals surface area (Å²) in [6.07, 6.45) is 1.63. The highest BCUT2D eigenvalue weighted by atomic mass is 32.2. The van der Waals surface area contributed by atoms with Crippen molar-refractivity contribution in [1.29, 1.82) is 0 Å². The monoisotopic (exact) mass is 411 g/mol. The molecule has 0 spiro atoms. The predicted octanol–water partition coefficient (Wildman–Crippen LogP) is 3.52. The highest BCUT2D eigenvalue weighted by Gasteiger charge is 2.16. The van der Waals surface area contributed by atoms with E-state index in [-0.39, 0.29) is 17.2 Å². The zero-order valence-electron chi connectivity index (χ0n) is 15.2. The van der Waals surface area contributed by atoms with Gasteiger partial charge in [0.25, 0.3) is 5.56 Å². The minimum atomic E-state index is -0.199. The average molecular weight is 412 g/mol. The fourth-order valence-electron chi connectivity index (χ4n) is 2.77. The van der Waals surface area contributed by atoms with Crippen LogP contribution in [0.3, 0.4) is 0 Å². The van der Waals surface area contributed by atoms with Gasteiger partial charge in [0.2, 0.25) is 5.91 Å². The predicted molar refractivity (Wildman–Crippen MR) is 113 cm³/mol. The number of anilines is 1. The summed E-state index contributed by atoms with van der Waals surface area (Å²) in [5, 5.41) is 5.55. The quantitative estimate of drug-likeness (QED) is 0.387. The third-order valence-electron chi connectivity index (χ3n) is 4.06. The lowest BCUT2D eigenvalue weighted by Gasteiger charge is -2.12. The van der Waals surface area contributed by atoms with Crippen molar-refractivity contribution in [2.45, 2.75) is 19.0 Å². The van der Waals surface area contributed by atoms with E-state index in [4.69, 9.17) is 0 Å². The van der Waals surface area contributed by atoms with Crippen LogP contribution < -0.4 is 10.9 Å². The van der Waals surface area contributed by atoms with Crippen molar-refractivity contribution in [3.05, 3.63) is 63.5 Å². The Morgan fingerprint density at radius 3 is 2.79 bits per heavy atom. The van der Waals surface area contributed by atoms with Crippen molar-refractivity contribution in [2.75, 3.05) is 11.1 Å². The number of rotatable bonds is 5. The standard InChI is InChI=1S/C19H17N5O2S2/c1-11-3-5-13(6-4-11)24-17(26)16-14(9-12(2)21-16)22-19(24)28-10-15(25)23-18-20-7-8-27-18/h3-9,21H,10H2,1-2H3,(H,20,23,25). The summed E-state index contributed by atoms with van der Waals surface area (Å²) in [7, 11) is 0. The molecule has 2 N–H and O–H groups in total. The normalized spacial score (nSPS) is 11.1. The zero-order chi connectivity index (χ0) is 19.7. The van der Waals surface area contributed by atoms with E-state index < -0.39 is 0 Å². The number of fused-ring (bicyclic) bond motifs is 1. The summed E-state index contributed by atoms with van der Waals surface area (Å²) in [6, 6.07) is 9.46. The van der Waals surface area contributed by atoms with E-state index in [1.807, 2.05) is 44.2 Å². The molecule has 7 nitrogen and oxygen atoms in total. The summed E-state index contributed by atoms with van der Waals surface area (Å²) in [4.78, 5) is 37.1. The molecule has 1 aromatic carbocycles. The number of hydrogen-bond donors (Lipinski definition) is 2. The van der Waals surface area contributed by atoms with Crippen molar-refractivity contribution in [2.24, 2.45) is 0 Å². The number of carbonyl (C=O) groups is 1. The molecule has 0 saturated carbocycles. The number of aromatic amines is 1. The highest BCUT2D eigenvalue weighted by molar-refractivity contribution is 7.99. The maximum Gasteiger partial charge on any atom is 0.283 e. The van der Waals surface area contributed by atoms with Crippen molar-refractivity contribution in [3.8, 4) is 5.69 Å². The van der Waals surface area contributed by atoms with Gasteiger partial charge in [-0.05, 0) is 32.0 Å². The van der Waals surface area contributed by atoms with Crippen LogP contribution in [0.1, 0.15) is 11.3 Å². The molecule has 1 amide bonds. The number of H-pyrrole nitrogens is 1. The molecule has 0 bridgehead atoms. The molecule has 9 heteroatoms. The van der Waals surface area contributed by atoms with Gasteiger partial charge in [-0.25, -0.2) is 9.97 Å². The largest absolute Gasteiger partial charge is 0.353 e. The van der Waals surface area contributed by atoms with Gasteiger partial charge in [0.15, 0.2) is 10.3 Å². The Bertz CT molecular complexity index is 1190. The van der Waals surface area contributed by atoms with E-state index in [0.717, 1.165) is 11.3 Å². The summed E-state index contributed by atoms with van der Waals surface area (Å²) in [6.45, 7) is 3.87. The van der Waals surface area contributed by atoms with Crippen LogP contribution in [0, 0.1) is 13.8 Å². The van der Waals surface area contributed by atoms with Crippen molar-refractivity contribution in [1.82, 2.24) is 19.5 Å². The fourth-order valence-corrected chi connectivity index (χ4v) is 4.12. The van der Waals surface area contributed by atoms with Gasteiger partial charge in [0.1, 0.15) is 5.52 Å². The first-order valence-corrected chi connectivity index (χ1v) is 10.4. The number of nitrogens with one attached hydrogen (secondary N) is 2. The zero-order valence-corrected chi connectivity index (χ0v) is 16.9. The number of amides is 1. The molecule has 3 aromatic heterocycles. The third-order valence-corrected chi connectivity index (χ3v) is 5.69. The minimum Gasteiger partial charge on any atom is -0.353 e. The van der Waals surface area contributed by atoms with Crippen LogP contribution in [0.4, 0.5) is 5.13 Å². The molecule has 0 saturated heterocycles. The van der Waals surface area contributed by atoms with E-state index in [1.165, 1.54) is 23.1 Å². The number of thioether (sulfide) groups is 1. The fraction of sp³-hybridized carbons (Fsp3) is 0.158. The van der Waals surface area contributed by atoms with E-state index in [2.05, 4.69) is 20.3 Å². The van der Waals surface area contributed by atoms with Crippen LogP contribution in [0.5, 0.6) is 0 Å². The lowest BCUT2D eigenvalue weighted by atomic mass is 10.2. The molecule has 0 fully saturated rings. The first-order chi connectivity index (χ1) is 13.5. The second-order valence-electron chi connectivity index (χ2n) is 6.26. The van der Waals surface area contributed by atoms with Gasteiger partial charge in [-0.2, -0.15) is 0 Å².